The van der Waals surface area contributed by atoms with Gasteiger partial charge >= 0.3 is 42.3 Å². The summed E-state index contributed by atoms with van der Waals surface area (Å²) < 4.78 is 81.8. The van der Waals surface area contributed by atoms with Gasteiger partial charge < -0.3 is 45.5 Å². The maximum absolute atomic E-state index is 12.9. The number of fused-ring (bicyclic) bond motifs is 2. The molecule has 0 saturated heterocycles. The molecular formula is C49H54N14O16P4+2. The molecule has 12 N–H and O–H groups in total. The molecule has 0 spiro atoms. The van der Waals surface area contributed by atoms with E-state index < -0.39 is 48.7 Å². The van der Waals surface area contributed by atoms with Crippen molar-refractivity contribution in [2.24, 2.45) is 0 Å². The molecule has 3 aromatic carbocycles. The fourth-order valence-corrected chi connectivity index (χ4v) is 13.5. The Morgan fingerprint density at radius 3 is 1.58 bits per heavy atom. The highest BCUT2D eigenvalue weighted by Crippen LogP contribution is 2.60. The molecule has 0 radical (unpaired) electrons. The number of hydrogen-bond acceptors (Lipinski definition) is 16. The van der Waals surface area contributed by atoms with Crippen LogP contribution in [0.2, 0.25) is 0 Å². The maximum atomic E-state index is 12.9. The van der Waals surface area contributed by atoms with Crippen molar-refractivity contribution < 1.29 is 69.8 Å². The molecule has 7 aromatic heterocycles. The van der Waals surface area contributed by atoms with Gasteiger partial charge in [-0.3, -0.25) is 51.2 Å². The van der Waals surface area contributed by atoms with E-state index in [1.165, 1.54) is 64.5 Å². The van der Waals surface area contributed by atoms with Crippen LogP contribution in [0.3, 0.4) is 0 Å². The number of nitrogens with two attached hydrogens (primary N) is 2. The van der Waals surface area contributed by atoms with E-state index in [0.717, 1.165) is 30.9 Å². The van der Waals surface area contributed by atoms with Crippen LogP contribution in [0.5, 0.6) is 0 Å². The lowest BCUT2D eigenvalue weighted by Crippen LogP contribution is -2.35. The van der Waals surface area contributed by atoms with Gasteiger partial charge in [0.1, 0.15) is 0 Å². The first kappa shape index (κ1) is 59.6. The predicted octanol–water partition coefficient (Wildman–Crippen LogP) is 4.00. The number of hydrogen-bond donors (Lipinski definition) is 10. The van der Waals surface area contributed by atoms with Crippen molar-refractivity contribution in [2.45, 2.75) is 26.6 Å². The third-order valence-electron chi connectivity index (χ3n) is 12.0. The molecule has 0 aliphatic carbocycles. The van der Waals surface area contributed by atoms with E-state index >= 15 is 0 Å². The number of phosphoric ester groups is 1. The molecule has 0 amide bonds. The number of imidazole rings is 2. The number of nitrogens with one attached hydrogen (secondary N) is 4. The molecule has 4 unspecified atom stereocenters. The fourth-order valence-electron chi connectivity index (χ4n) is 8.28. The summed E-state index contributed by atoms with van der Waals surface area (Å²) in [6.45, 7) is -1.10. The van der Waals surface area contributed by atoms with E-state index in [1.54, 1.807) is 32.5 Å². The Morgan fingerprint density at radius 2 is 1.04 bits per heavy atom. The molecule has 0 saturated carbocycles. The number of aromatic nitrogens is 11. The minimum Gasteiger partial charge on any atom is -0.355 e. The van der Waals surface area contributed by atoms with Gasteiger partial charge in [0.15, 0.2) is 26.1 Å². The van der Waals surface area contributed by atoms with Gasteiger partial charge in [-0.25, -0.2) is 27.4 Å². The zero-order chi connectivity index (χ0) is 58.9. The van der Waals surface area contributed by atoms with Gasteiger partial charge in [0, 0.05) is 30.5 Å². The van der Waals surface area contributed by atoms with Crippen molar-refractivity contribution in [1.82, 2.24) is 47.6 Å². The van der Waals surface area contributed by atoms with Crippen molar-refractivity contribution in [3.63, 3.8) is 0 Å². The quantitative estimate of drug-likeness (QED) is 0.0232. The molecule has 0 aliphatic rings. The average molecular weight is 1220 g/mol. The molecule has 4 atom stereocenters. The van der Waals surface area contributed by atoms with Crippen molar-refractivity contribution in [3.05, 3.63) is 201 Å². The van der Waals surface area contributed by atoms with Gasteiger partial charge in [0.2, 0.25) is 11.0 Å². The van der Waals surface area contributed by atoms with Crippen LogP contribution < -0.4 is 42.1 Å². The molecule has 10 aromatic rings. The number of anilines is 2. The number of pyridine rings is 1. The SMILES string of the molecule is Nc1nc2c(c(=O)[nH]1)n(Cc1ccc(-c3ccccc3)[nH]c1=O)c[n+]2COCCOP(=O)(O)OP(=O)(O)n1cccc1.Nc1nc2c(c(=O)[nH]1)n(Cc1ccc(-c3ccccc3)cc1)c[n+]2COCCOP(=O)(O)NP(=O)(O)n1cccc1. The standard InChI is InChI=1S/C25H27N7O7P2.C24H25N7O9P2/c26-25-27-23-22(24(33)28-25)30(16-19-8-10-21(11-9-19)20-6-2-1-3-7-20)17-31(23)18-38-14-15-39-41(36,37)29-40(34,35)32-12-4-5-13-32;25-24-27-21-20(23(33)28-24)29(14-18-8-9-19(26-22(18)32)17-6-2-1-3-7-17)15-30(21)16-38-12-13-39-42(36,37)40-41(34,35)31-10-4-5-11-31/h1-13,17H,14-16,18H2,(H5-,26,27,28,29,33,34,35,36,37);1-11,15H,12-14,16H2,(H5-,25,26,27,28,32,33,34,35,36,37)/p+2. The van der Waals surface area contributed by atoms with Crippen molar-refractivity contribution >= 4 is 65.2 Å². The predicted molar refractivity (Wildman–Crippen MR) is 299 cm³/mol. The number of aromatic amines is 3. The fraction of sp³-hybridized carbons (Fsp3) is 0.163. The van der Waals surface area contributed by atoms with E-state index in [2.05, 4.69) is 29.2 Å². The van der Waals surface area contributed by atoms with Crippen LogP contribution in [0, 0.1) is 0 Å². The highest BCUT2D eigenvalue weighted by atomic mass is 31.3. The van der Waals surface area contributed by atoms with Crippen LogP contribution in [0.4, 0.5) is 11.9 Å². The van der Waals surface area contributed by atoms with Crippen molar-refractivity contribution in [3.8, 4) is 22.4 Å². The molecule has 434 valence electrons. The monoisotopic (exact) mass is 1220 g/mol. The minimum absolute atomic E-state index is 0.0271. The Balaban J connectivity index is 0.000000200. The minimum atomic E-state index is -4.91. The number of nitrogen functional groups attached to an aromatic ring is 2. The lowest BCUT2D eigenvalue weighted by molar-refractivity contribution is -0.711. The summed E-state index contributed by atoms with van der Waals surface area (Å²) in [4.78, 5) is 96.0. The molecule has 0 bridgehead atoms. The molecule has 7 heterocycles. The Labute approximate surface area is 468 Å². The first-order valence-electron chi connectivity index (χ1n) is 24.7. The maximum Gasteiger partial charge on any atom is 0.480 e. The summed E-state index contributed by atoms with van der Waals surface area (Å²) in [6.07, 6.45) is 8.11. The molecule has 34 heteroatoms. The number of benzene rings is 3. The number of rotatable bonds is 24. The van der Waals surface area contributed by atoms with Gasteiger partial charge in [-0.2, -0.15) is 4.31 Å². The van der Waals surface area contributed by atoms with Crippen LogP contribution >= 0.6 is 31.0 Å². The van der Waals surface area contributed by atoms with Gasteiger partial charge in [-0.1, -0.05) is 94.9 Å². The van der Waals surface area contributed by atoms with Crippen LogP contribution in [0.15, 0.2) is 173 Å². The van der Waals surface area contributed by atoms with Crippen LogP contribution in [0.25, 0.3) is 44.7 Å². The van der Waals surface area contributed by atoms with E-state index in [4.69, 9.17) is 30.0 Å². The van der Waals surface area contributed by atoms with E-state index in [-0.39, 0.29) is 74.1 Å². The van der Waals surface area contributed by atoms with Gasteiger partial charge in [-0.15, -0.1) is 4.86 Å². The summed E-state index contributed by atoms with van der Waals surface area (Å²) in [6, 6.07) is 36.6. The van der Waals surface area contributed by atoms with Crippen LogP contribution in [-0.4, -0.2) is 88.7 Å². The topological polar surface area (TPSA) is 411 Å². The summed E-state index contributed by atoms with van der Waals surface area (Å²) in [5.74, 6) is -0.199. The highest BCUT2D eigenvalue weighted by molar-refractivity contribution is 7.68. The summed E-state index contributed by atoms with van der Waals surface area (Å²) in [7, 11) is -18.6. The van der Waals surface area contributed by atoms with Gasteiger partial charge in [-0.05, 0) is 58.7 Å². The molecule has 30 nitrogen and oxygen atoms in total. The number of H-pyrrole nitrogens is 3. The normalized spacial score (nSPS) is 14.6. The molecule has 0 aliphatic heterocycles. The van der Waals surface area contributed by atoms with Crippen LogP contribution in [0.1, 0.15) is 11.1 Å². The smallest absolute Gasteiger partial charge is 0.355 e. The Morgan fingerprint density at radius 1 is 0.542 bits per heavy atom. The average Bonchev–Trinajstić information content (AvgIpc) is 2.46. The second-order valence-corrected chi connectivity index (χ2v) is 24.8. The number of nitrogens with zero attached hydrogens (tertiary/aromatic N) is 8. The number of ether oxygens (including phenoxy) is 2. The van der Waals surface area contributed by atoms with Gasteiger partial charge in [0.25, 0.3) is 28.6 Å². The van der Waals surface area contributed by atoms with E-state index in [1.807, 2.05) is 84.9 Å². The first-order chi connectivity index (χ1) is 39.6. The van der Waals surface area contributed by atoms with E-state index in [0.29, 0.717) is 23.3 Å². The Hall–Kier alpha value is -8.01. The summed E-state index contributed by atoms with van der Waals surface area (Å²) >= 11 is 0. The van der Waals surface area contributed by atoms with Crippen molar-refractivity contribution in [1.29, 1.82) is 0 Å². The highest BCUT2D eigenvalue weighted by Gasteiger charge is 2.36. The summed E-state index contributed by atoms with van der Waals surface area (Å²) in [5.41, 5.74) is 16.1. The first-order valence-corrected chi connectivity index (χ1v) is 30.9. The molecule has 0 fully saturated rings. The zero-order valence-electron chi connectivity index (χ0n) is 43.4. The third-order valence-corrected chi connectivity index (χ3v) is 18.5. The summed E-state index contributed by atoms with van der Waals surface area (Å²) in [5, 5.41) is 0. The largest absolute Gasteiger partial charge is 0.480 e. The number of phosphoric acid groups is 1. The Bertz CT molecular complexity index is 4250. The molecular weight excluding hydrogens is 1160 g/mol. The second-order valence-electron chi connectivity index (χ2n) is 17.9. The Kier molecular flexibility index (Phi) is 18.4. The molecule has 10 rings (SSSR count). The van der Waals surface area contributed by atoms with Crippen LogP contribution in [-0.2, 0) is 67.6 Å². The third kappa shape index (κ3) is 15.2. The lowest BCUT2D eigenvalue weighted by Gasteiger charge is -2.18. The molecule has 83 heavy (non-hydrogen) atoms. The van der Waals surface area contributed by atoms with Gasteiger partial charge in [0.05, 0.1) is 45.1 Å². The van der Waals surface area contributed by atoms with Crippen molar-refractivity contribution in [2.75, 3.05) is 37.9 Å². The van der Waals surface area contributed by atoms with E-state index in [9.17, 15) is 52.2 Å². The zero-order valence-corrected chi connectivity index (χ0v) is 47.0. The second kappa shape index (κ2) is 25.6. The lowest BCUT2D eigenvalue weighted by atomic mass is 10.0.